The summed E-state index contributed by atoms with van der Waals surface area (Å²) < 4.78 is 14.8. The Bertz CT molecular complexity index is 447. The lowest BCUT2D eigenvalue weighted by molar-refractivity contribution is -0.202. The van der Waals surface area contributed by atoms with Crippen molar-refractivity contribution in [3.05, 3.63) is 0 Å². The first-order valence-electron chi connectivity index (χ1n) is 6.27. The minimum Gasteiger partial charge on any atom is -0.466 e. The van der Waals surface area contributed by atoms with E-state index in [4.69, 9.17) is 14.3 Å². The molecule has 0 radical (unpaired) electrons. The van der Waals surface area contributed by atoms with E-state index in [0.717, 1.165) is 0 Å². The molecule has 0 aromatic carbocycles. The summed E-state index contributed by atoms with van der Waals surface area (Å²) in [6.07, 6.45) is -1.11. The Balaban J connectivity index is 2.04. The van der Waals surface area contributed by atoms with E-state index in [1.165, 1.54) is 7.11 Å². The van der Waals surface area contributed by atoms with E-state index in [9.17, 15) is 9.59 Å². The molecule has 2 aliphatic rings. The molecule has 0 spiro atoms. The third kappa shape index (κ3) is 2.75. The van der Waals surface area contributed by atoms with E-state index in [-0.39, 0.29) is 6.04 Å². The van der Waals surface area contributed by atoms with E-state index >= 15 is 0 Å². The molecule has 0 bridgehead atoms. The van der Waals surface area contributed by atoms with Crippen molar-refractivity contribution in [1.29, 1.82) is 0 Å². The van der Waals surface area contributed by atoms with E-state index < -0.39 is 30.4 Å². The van der Waals surface area contributed by atoms with Crippen molar-refractivity contribution in [3.63, 3.8) is 0 Å². The van der Waals surface area contributed by atoms with Gasteiger partial charge >= 0.3 is 11.9 Å². The Kier molecular flexibility index (Phi) is 3.96. The van der Waals surface area contributed by atoms with Crippen molar-refractivity contribution in [3.8, 4) is 0 Å². The van der Waals surface area contributed by atoms with E-state index in [2.05, 4.69) is 9.73 Å². The number of nitrogens with zero attached hydrogens (tertiary/aromatic N) is 2. The standard InChI is InChI=1S/C12H18N2O6/c1-7-5-19-12(2,3)11-13-9(20-14(7)11)10(16)18-6-8(15)17-4/h7,9H,5-6H2,1-4H3. The monoisotopic (exact) mass is 286 g/mol. The second-order valence-corrected chi connectivity index (χ2v) is 5.09. The van der Waals surface area contributed by atoms with Crippen LogP contribution in [0.15, 0.2) is 4.99 Å². The summed E-state index contributed by atoms with van der Waals surface area (Å²) in [5.74, 6) is -0.838. The molecule has 2 unspecified atom stereocenters. The lowest BCUT2D eigenvalue weighted by atomic mass is 10.1. The highest BCUT2D eigenvalue weighted by molar-refractivity contribution is 5.93. The normalized spacial score (nSPS) is 27.6. The topological polar surface area (TPSA) is 86.7 Å². The highest BCUT2D eigenvalue weighted by Crippen LogP contribution is 2.29. The fraction of sp³-hybridized carbons (Fsp3) is 0.750. The van der Waals surface area contributed by atoms with Crippen LogP contribution in [0.4, 0.5) is 0 Å². The van der Waals surface area contributed by atoms with Crippen LogP contribution in [-0.4, -0.2) is 61.0 Å². The van der Waals surface area contributed by atoms with Crippen molar-refractivity contribution in [2.75, 3.05) is 20.3 Å². The van der Waals surface area contributed by atoms with Gasteiger partial charge < -0.3 is 14.2 Å². The van der Waals surface area contributed by atoms with Crippen LogP contribution >= 0.6 is 0 Å². The van der Waals surface area contributed by atoms with Gasteiger partial charge in [0, 0.05) is 0 Å². The molecule has 0 aromatic heterocycles. The second kappa shape index (κ2) is 5.37. The summed E-state index contributed by atoms with van der Waals surface area (Å²) in [6, 6.07) is -0.0554. The van der Waals surface area contributed by atoms with Crippen molar-refractivity contribution in [1.82, 2.24) is 5.06 Å². The van der Waals surface area contributed by atoms with Gasteiger partial charge in [0.2, 0.25) is 0 Å². The van der Waals surface area contributed by atoms with Gasteiger partial charge in [0.1, 0.15) is 5.60 Å². The van der Waals surface area contributed by atoms with Crippen LogP contribution in [0.2, 0.25) is 0 Å². The fourth-order valence-electron chi connectivity index (χ4n) is 1.90. The first kappa shape index (κ1) is 14.7. The van der Waals surface area contributed by atoms with Crippen LogP contribution in [0.1, 0.15) is 20.8 Å². The van der Waals surface area contributed by atoms with Gasteiger partial charge in [-0.25, -0.2) is 24.5 Å². The highest BCUT2D eigenvalue weighted by atomic mass is 16.7. The predicted octanol–water partition coefficient (Wildman–Crippen LogP) is -0.128. The van der Waals surface area contributed by atoms with Crippen LogP contribution in [0.3, 0.4) is 0 Å². The molecule has 2 heterocycles. The molecule has 0 N–H and O–H groups in total. The van der Waals surface area contributed by atoms with Crippen molar-refractivity contribution < 1.29 is 28.6 Å². The third-order valence-corrected chi connectivity index (χ3v) is 3.05. The van der Waals surface area contributed by atoms with Crippen molar-refractivity contribution in [2.24, 2.45) is 4.99 Å². The zero-order chi connectivity index (χ0) is 14.9. The maximum Gasteiger partial charge on any atom is 0.361 e. The Morgan fingerprint density at radius 1 is 1.50 bits per heavy atom. The molecule has 0 aromatic rings. The number of hydrogen-bond acceptors (Lipinski definition) is 8. The number of carbonyl (C=O) groups excluding carboxylic acids is 2. The van der Waals surface area contributed by atoms with Gasteiger partial charge in [0.25, 0.3) is 6.23 Å². The van der Waals surface area contributed by atoms with Gasteiger partial charge in [-0.1, -0.05) is 0 Å². The first-order chi connectivity index (χ1) is 9.35. The summed E-state index contributed by atoms with van der Waals surface area (Å²) in [6.45, 7) is 5.59. The average Bonchev–Trinajstić information content (AvgIpc) is 2.87. The van der Waals surface area contributed by atoms with Gasteiger partial charge in [-0.05, 0) is 20.8 Å². The summed E-state index contributed by atoms with van der Waals surface area (Å²) >= 11 is 0. The molecule has 2 aliphatic heterocycles. The molecule has 0 aliphatic carbocycles. The Morgan fingerprint density at radius 2 is 2.20 bits per heavy atom. The number of hydrogen-bond donors (Lipinski definition) is 0. The Hall–Kier alpha value is -1.67. The van der Waals surface area contributed by atoms with Crippen LogP contribution < -0.4 is 0 Å². The smallest absolute Gasteiger partial charge is 0.361 e. The number of esters is 2. The van der Waals surface area contributed by atoms with Gasteiger partial charge in [-0.15, -0.1) is 0 Å². The molecule has 1 saturated heterocycles. The molecule has 2 atom stereocenters. The molecule has 8 nitrogen and oxygen atoms in total. The fourth-order valence-corrected chi connectivity index (χ4v) is 1.90. The van der Waals surface area contributed by atoms with Crippen LogP contribution in [0.25, 0.3) is 0 Å². The largest absolute Gasteiger partial charge is 0.466 e. The molecule has 112 valence electrons. The highest BCUT2D eigenvalue weighted by Gasteiger charge is 2.46. The molecule has 20 heavy (non-hydrogen) atoms. The van der Waals surface area contributed by atoms with E-state index in [1.54, 1.807) is 5.06 Å². The number of aliphatic imine (C=N–C) groups is 1. The lowest BCUT2D eigenvalue weighted by Crippen LogP contribution is -2.55. The summed E-state index contributed by atoms with van der Waals surface area (Å²) in [4.78, 5) is 32.4. The van der Waals surface area contributed by atoms with Gasteiger partial charge in [-0.2, -0.15) is 0 Å². The number of rotatable bonds is 3. The number of ether oxygens (including phenoxy) is 3. The summed E-state index contributed by atoms with van der Waals surface area (Å²) in [5, 5.41) is 1.56. The molecule has 2 rings (SSSR count). The molecule has 0 amide bonds. The number of morpholine rings is 1. The minimum atomic E-state index is -1.11. The van der Waals surface area contributed by atoms with Gasteiger partial charge in [0.15, 0.2) is 12.4 Å². The zero-order valence-electron chi connectivity index (χ0n) is 11.9. The maximum atomic E-state index is 11.8. The predicted molar refractivity (Wildman–Crippen MR) is 66.6 cm³/mol. The number of methoxy groups -OCH3 is 1. The second-order valence-electron chi connectivity index (χ2n) is 5.09. The number of amidine groups is 1. The first-order valence-corrected chi connectivity index (χ1v) is 6.27. The molecule has 1 fully saturated rings. The van der Waals surface area contributed by atoms with E-state index in [0.29, 0.717) is 12.4 Å². The van der Waals surface area contributed by atoms with Crippen LogP contribution in [0, 0.1) is 0 Å². The summed E-state index contributed by atoms with van der Waals surface area (Å²) in [5.41, 5.74) is -0.635. The SMILES string of the molecule is COC(=O)COC(=O)C1N=C2N(O1)C(C)COC2(C)C. The van der Waals surface area contributed by atoms with Crippen LogP contribution in [-0.2, 0) is 28.6 Å². The van der Waals surface area contributed by atoms with Gasteiger partial charge in [0.05, 0.1) is 19.8 Å². The number of fused-ring (bicyclic) bond motifs is 1. The Labute approximate surface area is 116 Å². The molecular formula is C12H18N2O6. The maximum absolute atomic E-state index is 11.8. The number of hydroxylamine groups is 2. The van der Waals surface area contributed by atoms with E-state index in [1.807, 2.05) is 20.8 Å². The van der Waals surface area contributed by atoms with Crippen molar-refractivity contribution in [2.45, 2.75) is 38.6 Å². The lowest BCUT2D eigenvalue weighted by Gasteiger charge is -2.39. The minimum absolute atomic E-state index is 0.0554. The van der Waals surface area contributed by atoms with Crippen LogP contribution in [0.5, 0.6) is 0 Å². The molecule has 8 heteroatoms. The molecule has 0 saturated carbocycles. The zero-order valence-corrected chi connectivity index (χ0v) is 11.9. The summed E-state index contributed by atoms with van der Waals surface area (Å²) in [7, 11) is 1.21. The third-order valence-electron chi connectivity index (χ3n) is 3.05. The Morgan fingerprint density at radius 3 is 2.80 bits per heavy atom. The van der Waals surface area contributed by atoms with Gasteiger partial charge in [-0.3, -0.25) is 0 Å². The quantitative estimate of drug-likeness (QED) is 0.668. The average molecular weight is 286 g/mol. The number of carbonyl (C=O) groups is 2. The van der Waals surface area contributed by atoms with Crippen molar-refractivity contribution >= 4 is 17.8 Å². The molecular weight excluding hydrogens is 268 g/mol.